The monoisotopic (exact) mass is 463 g/mol. The summed E-state index contributed by atoms with van der Waals surface area (Å²) in [7, 11) is 0. The van der Waals surface area contributed by atoms with Gasteiger partial charge in [-0.05, 0) is 43.7 Å². The Morgan fingerprint density at radius 3 is 2.72 bits per heavy atom. The van der Waals surface area contributed by atoms with E-state index in [-0.39, 0.29) is 5.60 Å². The third kappa shape index (κ3) is 4.28. The van der Waals surface area contributed by atoms with Crippen LogP contribution in [0.1, 0.15) is 50.1 Å². The smallest absolute Gasteiger partial charge is 0.126 e. The van der Waals surface area contributed by atoms with Crippen LogP contribution in [-0.2, 0) is 30.6 Å². The number of nitrogens with zero attached hydrogens (tertiary/aromatic N) is 3. The van der Waals surface area contributed by atoms with Crippen molar-refractivity contribution in [1.29, 1.82) is 0 Å². The maximum Gasteiger partial charge on any atom is 0.126 e. The van der Waals surface area contributed by atoms with Gasteiger partial charge in [-0.3, -0.25) is 0 Å². The summed E-state index contributed by atoms with van der Waals surface area (Å²) in [6, 6.07) is 10.6. The summed E-state index contributed by atoms with van der Waals surface area (Å²) in [6.07, 6.45) is 4.61. The number of hydrogen-bond acceptors (Lipinski definition) is 6. The minimum Gasteiger partial charge on any atom is -0.370 e. The minimum absolute atomic E-state index is 0.176. The molecule has 0 radical (unpaired) electrons. The van der Waals surface area contributed by atoms with E-state index in [0.29, 0.717) is 12.5 Å². The molecule has 0 amide bonds. The van der Waals surface area contributed by atoms with E-state index in [1.165, 1.54) is 32.5 Å². The lowest BCUT2D eigenvalue weighted by atomic mass is 9.88. The number of fused-ring (bicyclic) bond motifs is 5. The van der Waals surface area contributed by atoms with Crippen molar-refractivity contribution in [2.75, 3.05) is 5.75 Å². The normalized spacial score (nSPS) is 15.5. The molecule has 4 nitrogen and oxygen atoms in total. The second-order valence-electron chi connectivity index (χ2n) is 9.56. The highest BCUT2D eigenvalue weighted by atomic mass is 32.2. The number of pyridine rings is 1. The Morgan fingerprint density at radius 1 is 1.12 bits per heavy atom. The molecule has 0 aliphatic carbocycles. The maximum absolute atomic E-state index is 6.20. The summed E-state index contributed by atoms with van der Waals surface area (Å²) in [4.78, 5) is 15.6. The molecule has 0 saturated heterocycles. The van der Waals surface area contributed by atoms with Gasteiger partial charge in [0, 0.05) is 28.8 Å². The Bertz CT molecular complexity index is 1260. The number of thiophene rings is 1. The maximum atomic E-state index is 6.20. The second kappa shape index (κ2) is 8.73. The Hall–Kier alpha value is -2.02. The van der Waals surface area contributed by atoms with Gasteiger partial charge in [-0.25, -0.2) is 15.0 Å². The number of benzene rings is 1. The molecule has 0 bridgehead atoms. The van der Waals surface area contributed by atoms with Crippen LogP contribution in [0.4, 0.5) is 0 Å². The molecule has 0 spiro atoms. The molecule has 0 saturated carbocycles. The van der Waals surface area contributed by atoms with Crippen LogP contribution in [0, 0.1) is 5.92 Å². The SMILES string of the molecule is CC(C)Cc1nc2sc3c(SCCc4ccccc4)ncnc3c2c2c1COC(C)(C)C2. The van der Waals surface area contributed by atoms with E-state index in [0.717, 1.165) is 40.4 Å². The quantitative estimate of drug-likeness (QED) is 0.237. The van der Waals surface area contributed by atoms with Gasteiger partial charge in [0.25, 0.3) is 0 Å². The van der Waals surface area contributed by atoms with Crippen LogP contribution in [0.2, 0.25) is 0 Å². The van der Waals surface area contributed by atoms with E-state index in [4.69, 9.17) is 14.7 Å². The molecule has 6 heteroatoms. The third-order valence-corrected chi connectivity index (χ3v) is 8.16. The minimum atomic E-state index is -0.176. The van der Waals surface area contributed by atoms with Gasteiger partial charge in [-0.15, -0.1) is 23.1 Å². The number of rotatable bonds is 6. The van der Waals surface area contributed by atoms with Crippen LogP contribution < -0.4 is 0 Å². The first-order valence-corrected chi connectivity index (χ1v) is 13.1. The highest BCUT2D eigenvalue weighted by Gasteiger charge is 2.31. The van der Waals surface area contributed by atoms with Crippen molar-refractivity contribution in [2.45, 2.75) is 64.2 Å². The summed E-state index contributed by atoms with van der Waals surface area (Å²) in [5.74, 6) is 1.55. The van der Waals surface area contributed by atoms with E-state index in [9.17, 15) is 0 Å². The van der Waals surface area contributed by atoms with Gasteiger partial charge in [0.15, 0.2) is 0 Å². The zero-order valence-electron chi connectivity index (χ0n) is 19.1. The molecule has 1 aliphatic heterocycles. The molecule has 166 valence electrons. The fraction of sp³-hybridized carbons (Fsp3) is 0.423. The number of aromatic nitrogens is 3. The van der Waals surface area contributed by atoms with Crippen LogP contribution in [0.15, 0.2) is 41.7 Å². The molecule has 1 aliphatic rings. The van der Waals surface area contributed by atoms with E-state index in [2.05, 4.69) is 63.0 Å². The molecule has 4 heterocycles. The molecule has 0 unspecified atom stereocenters. The Kier molecular flexibility index (Phi) is 5.95. The number of aryl methyl sites for hydroxylation is 1. The first kappa shape index (κ1) is 21.8. The van der Waals surface area contributed by atoms with Gasteiger partial charge in [-0.1, -0.05) is 44.2 Å². The van der Waals surface area contributed by atoms with Crippen LogP contribution in [0.3, 0.4) is 0 Å². The van der Waals surface area contributed by atoms with Crippen LogP contribution in [-0.4, -0.2) is 26.3 Å². The average Bonchev–Trinajstić information content (AvgIpc) is 3.13. The topological polar surface area (TPSA) is 47.9 Å². The molecule has 1 aromatic carbocycles. The van der Waals surface area contributed by atoms with Crippen LogP contribution >= 0.6 is 23.1 Å². The highest BCUT2D eigenvalue weighted by Crippen LogP contribution is 2.43. The van der Waals surface area contributed by atoms with Gasteiger partial charge < -0.3 is 4.74 Å². The summed E-state index contributed by atoms with van der Waals surface area (Å²) in [6.45, 7) is 9.50. The van der Waals surface area contributed by atoms with Gasteiger partial charge in [-0.2, -0.15) is 0 Å². The van der Waals surface area contributed by atoms with E-state index in [1.807, 2.05) is 11.8 Å². The first-order valence-electron chi connectivity index (χ1n) is 11.3. The molecule has 3 aromatic heterocycles. The highest BCUT2D eigenvalue weighted by molar-refractivity contribution is 7.99. The van der Waals surface area contributed by atoms with Gasteiger partial charge >= 0.3 is 0 Å². The van der Waals surface area contributed by atoms with Crippen molar-refractivity contribution < 1.29 is 4.74 Å². The largest absolute Gasteiger partial charge is 0.370 e. The lowest BCUT2D eigenvalue weighted by molar-refractivity contribution is -0.0402. The second-order valence-corrected chi connectivity index (χ2v) is 11.6. The molecule has 0 N–H and O–H groups in total. The zero-order chi connectivity index (χ0) is 22.3. The summed E-state index contributed by atoms with van der Waals surface area (Å²) in [5, 5.41) is 2.29. The fourth-order valence-corrected chi connectivity index (χ4v) is 6.67. The van der Waals surface area contributed by atoms with Crippen LogP contribution in [0.5, 0.6) is 0 Å². The predicted octanol–water partition coefficient (Wildman–Crippen LogP) is 6.62. The molecule has 0 fully saturated rings. The molecular weight excluding hydrogens is 434 g/mol. The Labute approximate surface area is 197 Å². The standard InChI is InChI=1S/C26H29N3OS2/c1-16(2)12-20-19-14-30-26(3,4)13-18(19)21-22-23(32-24(21)29-20)25(28-15-27-22)31-11-10-17-8-6-5-7-9-17/h5-9,15-16H,10-14H2,1-4H3. The zero-order valence-corrected chi connectivity index (χ0v) is 20.8. The van der Waals surface area contributed by atoms with Crippen molar-refractivity contribution in [2.24, 2.45) is 5.92 Å². The first-order chi connectivity index (χ1) is 15.4. The van der Waals surface area contributed by atoms with Crippen molar-refractivity contribution in [3.63, 3.8) is 0 Å². The van der Waals surface area contributed by atoms with Crippen molar-refractivity contribution >= 4 is 43.5 Å². The van der Waals surface area contributed by atoms with Gasteiger partial charge in [0.1, 0.15) is 16.2 Å². The average molecular weight is 464 g/mol. The predicted molar refractivity (Wildman–Crippen MR) is 135 cm³/mol. The van der Waals surface area contributed by atoms with Gasteiger partial charge in [0.2, 0.25) is 0 Å². The van der Waals surface area contributed by atoms with E-state index in [1.54, 1.807) is 17.7 Å². The van der Waals surface area contributed by atoms with Crippen molar-refractivity contribution in [3.05, 3.63) is 59.0 Å². The molecule has 4 aromatic rings. The summed E-state index contributed by atoms with van der Waals surface area (Å²) < 4.78 is 7.36. The Balaban J connectivity index is 1.58. The number of thioether (sulfide) groups is 1. The summed E-state index contributed by atoms with van der Waals surface area (Å²) >= 11 is 3.57. The lowest BCUT2D eigenvalue weighted by Crippen LogP contribution is -2.33. The van der Waals surface area contributed by atoms with Gasteiger partial charge in [0.05, 0.1) is 22.4 Å². The number of hydrogen-bond donors (Lipinski definition) is 0. The van der Waals surface area contributed by atoms with E-state index < -0.39 is 0 Å². The summed E-state index contributed by atoms with van der Waals surface area (Å²) in [5.41, 5.74) is 6.09. The third-order valence-electron chi connectivity index (χ3n) is 5.96. The number of ether oxygens (including phenoxy) is 1. The molecule has 0 atom stereocenters. The van der Waals surface area contributed by atoms with Crippen LogP contribution in [0.25, 0.3) is 20.4 Å². The lowest BCUT2D eigenvalue weighted by Gasteiger charge is -2.33. The molecule has 5 rings (SSSR count). The fourth-order valence-electron chi connectivity index (χ4n) is 4.42. The van der Waals surface area contributed by atoms with Crippen molar-refractivity contribution in [1.82, 2.24) is 15.0 Å². The van der Waals surface area contributed by atoms with E-state index >= 15 is 0 Å². The molecule has 32 heavy (non-hydrogen) atoms. The molecular formula is C26H29N3OS2. The van der Waals surface area contributed by atoms with Crippen molar-refractivity contribution in [3.8, 4) is 0 Å². The Morgan fingerprint density at radius 2 is 1.94 bits per heavy atom.